The molecule has 1 unspecified atom stereocenters. The van der Waals surface area contributed by atoms with Crippen molar-refractivity contribution in [2.45, 2.75) is 83.7 Å². The number of unbranched alkanes of at least 4 members (excludes halogenated alkanes) is 9. The number of phosphoric acid groups is 1. The number of carboxylic acid groups (broad SMARTS) is 1. The van der Waals surface area contributed by atoms with Crippen molar-refractivity contribution < 1.29 is 28.8 Å². The Bertz CT molecular complexity index is 315. The summed E-state index contributed by atoms with van der Waals surface area (Å²) in [6.07, 6.45) is 9.93. The van der Waals surface area contributed by atoms with E-state index in [0.29, 0.717) is 6.42 Å². The minimum atomic E-state index is -4.74. The van der Waals surface area contributed by atoms with Crippen molar-refractivity contribution in [1.82, 2.24) is 0 Å². The number of carboxylic acids is 1. The Kier molecular flexibility index (Phi) is 11.9. The van der Waals surface area contributed by atoms with E-state index in [0.717, 1.165) is 19.3 Å². The van der Waals surface area contributed by atoms with Gasteiger partial charge in [0.1, 0.15) is 0 Å². The number of rotatable bonds is 14. The first-order valence-electron chi connectivity index (χ1n) is 7.83. The Balaban J connectivity index is 3.55. The Morgan fingerprint density at radius 1 is 0.952 bits per heavy atom. The third-order valence-electron chi connectivity index (χ3n) is 3.36. The number of hydrogen-bond donors (Lipinski definition) is 3. The lowest BCUT2D eigenvalue weighted by Gasteiger charge is -2.13. The molecule has 0 amide bonds. The van der Waals surface area contributed by atoms with Gasteiger partial charge in [0, 0.05) is 0 Å². The lowest BCUT2D eigenvalue weighted by Crippen LogP contribution is -2.22. The van der Waals surface area contributed by atoms with Crippen molar-refractivity contribution in [2.24, 2.45) is 0 Å². The molecular formula is C14H29O6P. The van der Waals surface area contributed by atoms with Crippen LogP contribution >= 0.6 is 7.82 Å². The van der Waals surface area contributed by atoms with E-state index < -0.39 is 19.9 Å². The molecule has 21 heavy (non-hydrogen) atoms. The van der Waals surface area contributed by atoms with Gasteiger partial charge in [0.05, 0.1) is 0 Å². The smallest absolute Gasteiger partial charge is 0.470 e. The zero-order valence-corrected chi connectivity index (χ0v) is 13.8. The molecule has 0 aliphatic heterocycles. The van der Waals surface area contributed by atoms with Crippen LogP contribution in [0.5, 0.6) is 0 Å². The fourth-order valence-corrected chi connectivity index (χ4v) is 2.73. The SMILES string of the molecule is CCCCCCCCCCCCC(OP(=O)(O)O)C(=O)O. The maximum absolute atomic E-state index is 10.8. The van der Waals surface area contributed by atoms with Gasteiger partial charge in [0.2, 0.25) is 0 Å². The monoisotopic (exact) mass is 324 g/mol. The van der Waals surface area contributed by atoms with Gasteiger partial charge in [0.25, 0.3) is 0 Å². The molecule has 0 aromatic heterocycles. The van der Waals surface area contributed by atoms with Gasteiger partial charge >= 0.3 is 13.8 Å². The molecule has 0 bridgehead atoms. The van der Waals surface area contributed by atoms with Crippen molar-refractivity contribution in [3.63, 3.8) is 0 Å². The van der Waals surface area contributed by atoms with Crippen LogP contribution in [0.15, 0.2) is 0 Å². The molecule has 0 aliphatic rings. The molecule has 0 rings (SSSR count). The van der Waals surface area contributed by atoms with Gasteiger partial charge in [-0.3, -0.25) is 4.52 Å². The molecule has 0 radical (unpaired) electrons. The zero-order valence-electron chi connectivity index (χ0n) is 12.9. The molecule has 0 heterocycles. The molecule has 1 atom stereocenters. The third-order valence-corrected chi connectivity index (χ3v) is 3.89. The van der Waals surface area contributed by atoms with E-state index in [1.54, 1.807) is 0 Å². The van der Waals surface area contributed by atoms with E-state index in [9.17, 15) is 9.36 Å². The molecule has 0 aromatic rings. The summed E-state index contributed by atoms with van der Waals surface area (Å²) in [6, 6.07) is 0. The molecule has 6 nitrogen and oxygen atoms in total. The highest BCUT2D eigenvalue weighted by atomic mass is 31.2. The van der Waals surface area contributed by atoms with Gasteiger partial charge in [-0.15, -0.1) is 0 Å². The second kappa shape index (κ2) is 12.2. The normalized spacial score (nSPS) is 13.3. The summed E-state index contributed by atoms with van der Waals surface area (Å²) < 4.78 is 14.9. The van der Waals surface area contributed by atoms with Crippen LogP contribution < -0.4 is 0 Å². The first-order chi connectivity index (χ1) is 9.87. The molecule has 0 aromatic carbocycles. The molecule has 0 saturated carbocycles. The summed E-state index contributed by atoms with van der Waals surface area (Å²) in [5.74, 6) is -1.32. The lowest BCUT2D eigenvalue weighted by atomic mass is 10.0. The fraction of sp³-hybridized carbons (Fsp3) is 0.929. The predicted octanol–water partition coefficient (Wildman–Crippen LogP) is 3.86. The predicted molar refractivity (Wildman–Crippen MR) is 81.0 cm³/mol. The van der Waals surface area contributed by atoms with Crippen molar-refractivity contribution >= 4 is 13.8 Å². The van der Waals surface area contributed by atoms with Gasteiger partial charge in [-0.05, 0) is 6.42 Å². The van der Waals surface area contributed by atoms with Crippen LogP contribution in [0, 0.1) is 0 Å². The quantitative estimate of drug-likeness (QED) is 0.331. The van der Waals surface area contributed by atoms with Crippen LogP contribution in [0.1, 0.15) is 77.6 Å². The van der Waals surface area contributed by atoms with Gasteiger partial charge < -0.3 is 14.9 Å². The van der Waals surface area contributed by atoms with Crippen LogP contribution in [0.4, 0.5) is 0 Å². The highest BCUT2D eigenvalue weighted by Gasteiger charge is 2.27. The Morgan fingerprint density at radius 2 is 1.38 bits per heavy atom. The standard InChI is InChI=1S/C14H29O6P/c1-2-3-4-5-6-7-8-9-10-11-12-13(14(15)16)20-21(17,18)19/h13H,2-12H2,1H3,(H,15,16)(H2,17,18,19). The number of aliphatic carboxylic acids is 1. The summed E-state index contributed by atoms with van der Waals surface area (Å²) >= 11 is 0. The molecule has 0 aliphatic carbocycles. The fourth-order valence-electron chi connectivity index (χ4n) is 2.20. The second-order valence-corrected chi connectivity index (χ2v) is 6.59. The molecular weight excluding hydrogens is 295 g/mol. The van der Waals surface area contributed by atoms with Crippen molar-refractivity contribution in [3.05, 3.63) is 0 Å². The third kappa shape index (κ3) is 14.3. The van der Waals surface area contributed by atoms with Gasteiger partial charge in [-0.25, -0.2) is 9.36 Å². The van der Waals surface area contributed by atoms with E-state index in [1.165, 1.54) is 38.5 Å². The highest BCUT2D eigenvalue weighted by molar-refractivity contribution is 7.46. The summed E-state index contributed by atoms with van der Waals surface area (Å²) in [6.45, 7) is 2.20. The second-order valence-electron chi connectivity index (χ2n) is 5.39. The summed E-state index contributed by atoms with van der Waals surface area (Å²) in [5.41, 5.74) is 0. The van der Waals surface area contributed by atoms with Crippen LogP contribution in [0.2, 0.25) is 0 Å². The van der Waals surface area contributed by atoms with Gasteiger partial charge in [-0.1, -0.05) is 71.1 Å². The summed E-state index contributed by atoms with van der Waals surface area (Å²) in [4.78, 5) is 28.0. The Morgan fingerprint density at radius 3 is 1.76 bits per heavy atom. The Hall–Kier alpha value is -0.420. The zero-order chi connectivity index (χ0) is 16.1. The average Bonchev–Trinajstić information content (AvgIpc) is 2.38. The topological polar surface area (TPSA) is 104 Å². The van der Waals surface area contributed by atoms with Crippen molar-refractivity contribution in [1.29, 1.82) is 0 Å². The lowest BCUT2D eigenvalue weighted by molar-refractivity contribution is -0.146. The number of hydrogen-bond acceptors (Lipinski definition) is 3. The van der Waals surface area contributed by atoms with Crippen LogP contribution in [0.25, 0.3) is 0 Å². The highest BCUT2D eigenvalue weighted by Crippen LogP contribution is 2.38. The largest absolute Gasteiger partial charge is 0.479 e. The first kappa shape index (κ1) is 20.6. The first-order valence-corrected chi connectivity index (χ1v) is 9.36. The minimum absolute atomic E-state index is 0.136. The van der Waals surface area contributed by atoms with E-state index >= 15 is 0 Å². The van der Waals surface area contributed by atoms with E-state index in [-0.39, 0.29) is 6.42 Å². The molecule has 0 spiro atoms. The van der Waals surface area contributed by atoms with Crippen LogP contribution in [-0.2, 0) is 13.9 Å². The van der Waals surface area contributed by atoms with E-state index in [4.69, 9.17) is 14.9 Å². The van der Waals surface area contributed by atoms with E-state index in [1.807, 2.05) is 0 Å². The van der Waals surface area contributed by atoms with Crippen LogP contribution in [0.3, 0.4) is 0 Å². The average molecular weight is 324 g/mol. The maximum atomic E-state index is 10.8. The van der Waals surface area contributed by atoms with Crippen LogP contribution in [-0.4, -0.2) is 27.0 Å². The molecule has 0 saturated heterocycles. The van der Waals surface area contributed by atoms with Gasteiger partial charge in [0.15, 0.2) is 6.10 Å². The maximum Gasteiger partial charge on any atom is 0.470 e. The minimum Gasteiger partial charge on any atom is -0.479 e. The van der Waals surface area contributed by atoms with E-state index in [2.05, 4.69) is 11.4 Å². The molecule has 3 N–H and O–H groups in total. The molecule has 0 fully saturated rings. The van der Waals surface area contributed by atoms with Crippen molar-refractivity contribution in [2.75, 3.05) is 0 Å². The summed E-state index contributed by atoms with van der Waals surface area (Å²) in [5, 5.41) is 8.81. The van der Waals surface area contributed by atoms with Crippen molar-refractivity contribution in [3.8, 4) is 0 Å². The number of phosphoric ester groups is 1. The molecule has 126 valence electrons. The Labute approximate surface area is 127 Å². The number of carbonyl (C=O) groups is 1. The molecule has 7 heteroatoms. The van der Waals surface area contributed by atoms with Gasteiger partial charge in [-0.2, -0.15) is 0 Å². The summed E-state index contributed by atoms with van der Waals surface area (Å²) in [7, 11) is -4.74.